The van der Waals surface area contributed by atoms with Crippen molar-refractivity contribution in [2.75, 3.05) is 54.1 Å². The van der Waals surface area contributed by atoms with Crippen molar-refractivity contribution in [3.05, 3.63) is 72.9 Å². The third-order valence-corrected chi connectivity index (χ3v) is 12.0. The Balaban J connectivity index is 4.15. The molecule has 0 saturated carbocycles. The summed E-state index contributed by atoms with van der Waals surface area (Å²) >= 11 is 0. The van der Waals surface area contributed by atoms with E-state index in [9.17, 15) is 14.3 Å². The number of hydrogen-bond acceptors (Lipinski definition) is 7. The number of carbonyl (C=O) groups is 1. The molecule has 0 rings (SSSR count). The van der Waals surface area contributed by atoms with Gasteiger partial charge in [-0.05, 0) is 64.2 Å². The Morgan fingerprint density at radius 3 is 1.36 bits per heavy atom. The normalized spacial score (nSPS) is 14.2. The molecule has 2 atom stereocenters. The number of carbonyl (C=O) groups excluding carboxylic acids is 1. The van der Waals surface area contributed by atoms with Gasteiger partial charge in [-0.3, -0.25) is 9.36 Å². The number of likely N-dealkylation sites (N-methyl/N-ethyl adjacent to an activating group) is 1. The average Bonchev–Trinajstić information content (AvgIpc) is 3.25. The van der Waals surface area contributed by atoms with Gasteiger partial charge >= 0.3 is 5.97 Å². The second kappa shape index (κ2) is 47.4. The Morgan fingerprint density at radius 1 is 0.500 bits per heavy atom. The molecule has 0 saturated heterocycles. The standard InChI is InChI=1S/C55H100NO7P/c1-6-8-10-12-14-16-18-20-22-24-25-26-27-28-29-30-31-32-33-35-37-39-41-43-45-47-50-60-52-54(53-62-64(58,59)61-51-49-56(3,4)5)63-55(57)48-46-44-42-40-38-36-34-23-21-19-17-15-13-11-9-7-2/h8,10,14,16,20,22,25-26,28-29,31-32,54H,6-7,9,11-13,15,17-19,21,23-24,27,30,33-53H2,1-5H3/b10-8-,16-14-,22-20-,26-25-,29-28-,32-31-. The van der Waals surface area contributed by atoms with Crippen molar-refractivity contribution in [2.24, 2.45) is 0 Å². The van der Waals surface area contributed by atoms with Crippen LogP contribution in [-0.4, -0.2) is 70.7 Å². The second-order valence-corrected chi connectivity index (χ2v) is 19.9. The molecule has 8 nitrogen and oxygen atoms in total. The minimum atomic E-state index is -4.54. The molecule has 64 heavy (non-hydrogen) atoms. The number of allylic oxidation sites excluding steroid dienone is 12. The number of nitrogens with zero attached hydrogens (tertiary/aromatic N) is 1. The summed E-state index contributed by atoms with van der Waals surface area (Å²) in [5.74, 6) is -0.338. The fourth-order valence-corrected chi connectivity index (χ4v) is 7.75. The van der Waals surface area contributed by atoms with Gasteiger partial charge in [-0.15, -0.1) is 0 Å². The minimum absolute atomic E-state index is 0.0218. The number of ether oxygens (including phenoxy) is 2. The van der Waals surface area contributed by atoms with Crippen molar-refractivity contribution in [3.8, 4) is 0 Å². The lowest BCUT2D eigenvalue weighted by Crippen LogP contribution is -2.37. The number of phosphoric acid groups is 1. The van der Waals surface area contributed by atoms with Crippen LogP contribution in [0.4, 0.5) is 0 Å². The maximum absolute atomic E-state index is 12.7. The minimum Gasteiger partial charge on any atom is -0.756 e. The van der Waals surface area contributed by atoms with E-state index in [0.29, 0.717) is 24.1 Å². The lowest BCUT2D eigenvalue weighted by molar-refractivity contribution is -0.870. The molecule has 372 valence electrons. The predicted molar refractivity (Wildman–Crippen MR) is 272 cm³/mol. The first kappa shape index (κ1) is 61.9. The summed E-state index contributed by atoms with van der Waals surface area (Å²) in [6.45, 7) is 5.28. The first-order valence-electron chi connectivity index (χ1n) is 26.2. The van der Waals surface area contributed by atoms with E-state index in [1.165, 1.54) is 109 Å². The van der Waals surface area contributed by atoms with Gasteiger partial charge < -0.3 is 27.9 Å². The molecular weight excluding hydrogens is 818 g/mol. The number of phosphoric ester groups is 1. The van der Waals surface area contributed by atoms with Crippen LogP contribution in [0.5, 0.6) is 0 Å². The number of quaternary nitrogens is 1. The molecule has 0 aliphatic rings. The lowest BCUT2D eigenvalue weighted by Gasteiger charge is -2.28. The van der Waals surface area contributed by atoms with E-state index >= 15 is 0 Å². The zero-order valence-electron chi connectivity index (χ0n) is 42.2. The zero-order chi connectivity index (χ0) is 46.9. The predicted octanol–water partition coefficient (Wildman–Crippen LogP) is 15.6. The average molecular weight is 918 g/mol. The van der Waals surface area contributed by atoms with Crippen LogP contribution in [0, 0.1) is 0 Å². The molecule has 0 aliphatic carbocycles. The molecule has 9 heteroatoms. The number of unbranched alkanes of at least 4 members (excludes halogenated alkanes) is 22. The van der Waals surface area contributed by atoms with Crippen molar-refractivity contribution in [3.63, 3.8) is 0 Å². The van der Waals surface area contributed by atoms with Crippen molar-refractivity contribution in [1.82, 2.24) is 0 Å². The number of hydrogen-bond donors (Lipinski definition) is 0. The quantitative estimate of drug-likeness (QED) is 0.0197. The molecule has 0 heterocycles. The zero-order valence-corrected chi connectivity index (χ0v) is 43.1. The fourth-order valence-electron chi connectivity index (χ4n) is 7.02. The fraction of sp³-hybridized carbons (Fsp3) is 0.764. The van der Waals surface area contributed by atoms with Crippen LogP contribution in [0.1, 0.15) is 213 Å². The van der Waals surface area contributed by atoms with E-state index in [4.69, 9.17) is 18.5 Å². The molecule has 2 unspecified atom stereocenters. The van der Waals surface area contributed by atoms with Crippen LogP contribution < -0.4 is 4.89 Å². The Hall–Kier alpha value is -2.06. The SMILES string of the molecule is CC/C=C\C/C=C\C/C=C\C/C=C\C/C=C\C/C=C\CCCCCCCCCOCC(COP(=O)([O-])OCC[N+](C)(C)C)OC(=O)CCCCCCCCCCCCCCCCCC. The summed E-state index contributed by atoms with van der Waals surface area (Å²) in [4.78, 5) is 25.2. The highest BCUT2D eigenvalue weighted by Crippen LogP contribution is 2.38. The molecule has 0 fully saturated rings. The van der Waals surface area contributed by atoms with E-state index < -0.39 is 13.9 Å². The molecule has 0 N–H and O–H groups in total. The van der Waals surface area contributed by atoms with Crippen LogP contribution >= 0.6 is 7.82 Å². The Morgan fingerprint density at radius 2 is 0.906 bits per heavy atom. The Labute approximate surface area is 395 Å². The van der Waals surface area contributed by atoms with E-state index in [1.54, 1.807) is 0 Å². The molecule has 0 bridgehead atoms. The van der Waals surface area contributed by atoms with Gasteiger partial charge in [0.25, 0.3) is 7.82 Å². The highest BCUT2D eigenvalue weighted by molar-refractivity contribution is 7.45. The van der Waals surface area contributed by atoms with Gasteiger partial charge in [0.05, 0.1) is 34.4 Å². The summed E-state index contributed by atoms with van der Waals surface area (Å²) in [5, 5.41) is 0. The third kappa shape index (κ3) is 50.9. The van der Waals surface area contributed by atoms with Gasteiger partial charge in [0.2, 0.25) is 0 Å². The van der Waals surface area contributed by atoms with Crippen LogP contribution in [0.2, 0.25) is 0 Å². The first-order chi connectivity index (χ1) is 31.1. The van der Waals surface area contributed by atoms with Gasteiger partial charge in [0.1, 0.15) is 19.3 Å². The molecule has 0 aromatic carbocycles. The van der Waals surface area contributed by atoms with Crippen LogP contribution in [0.3, 0.4) is 0 Å². The lowest BCUT2D eigenvalue weighted by atomic mass is 10.0. The summed E-state index contributed by atoms with van der Waals surface area (Å²) in [7, 11) is 1.35. The van der Waals surface area contributed by atoms with E-state index in [2.05, 4.69) is 86.8 Å². The number of rotatable bonds is 48. The molecule has 0 radical (unpaired) electrons. The van der Waals surface area contributed by atoms with Crippen LogP contribution in [-0.2, 0) is 27.9 Å². The Kier molecular flexibility index (Phi) is 45.9. The third-order valence-electron chi connectivity index (χ3n) is 11.0. The van der Waals surface area contributed by atoms with E-state index in [0.717, 1.165) is 83.5 Å². The highest BCUT2D eigenvalue weighted by Gasteiger charge is 2.20. The maximum Gasteiger partial charge on any atom is 0.306 e. The summed E-state index contributed by atoms with van der Waals surface area (Å²) in [6, 6.07) is 0. The van der Waals surface area contributed by atoms with Crippen molar-refractivity contribution in [2.45, 2.75) is 219 Å². The van der Waals surface area contributed by atoms with Gasteiger partial charge in [-0.25, -0.2) is 0 Å². The second-order valence-electron chi connectivity index (χ2n) is 18.5. The largest absolute Gasteiger partial charge is 0.756 e. The van der Waals surface area contributed by atoms with E-state index in [-0.39, 0.29) is 25.8 Å². The smallest absolute Gasteiger partial charge is 0.306 e. The molecule has 0 aromatic rings. The van der Waals surface area contributed by atoms with Crippen molar-refractivity contribution < 1.29 is 37.3 Å². The van der Waals surface area contributed by atoms with Crippen LogP contribution in [0.15, 0.2) is 72.9 Å². The first-order valence-corrected chi connectivity index (χ1v) is 27.6. The molecule has 0 amide bonds. The van der Waals surface area contributed by atoms with Gasteiger partial charge in [-0.2, -0.15) is 0 Å². The maximum atomic E-state index is 12.7. The van der Waals surface area contributed by atoms with Gasteiger partial charge in [0, 0.05) is 13.0 Å². The Bertz CT molecular complexity index is 1250. The molecule has 0 aromatic heterocycles. The number of esters is 1. The monoisotopic (exact) mass is 918 g/mol. The van der Waals surface area contributed by atoms with Gasteiger partial charge in [0.15, 0.2) is 0 Å². The molecule has 0 aliphatic heterocycles. The topological polar surface area (TPSA) is 94.1 Å². The summed E-state index contributed by atoms with van der Waals surface area (Å²) in [6.07, 6.45) is 62.1. The van der Waals surface area contributed by atoms with Crippen molar-refractivity contribution >= 4 is 13.8 Å². The highest BCUT2D eigenvalue weighted by atomic mass is 31.2. The summed E-state index contributed by atoms with van der Waals surface area (Å²) in [5.41, 5.74) is 0. The summed E-state index contributed by atoms with van der Waals surface area (Å²) < 4.78 is 34.7. The van der Waals surface area contributed by atoms with E-state index in [1.807, 2.05) is 21.1 Å². The van der Waals surface area contributed by atoms with Gasteiger partial charge in [-0.1, -0.05) is 215 Å². The van der Waals surface area contributed by atoms with Crippen LogP contribution in [0.25, 0.3) is 0 Å². The van der Waals surface area contributed by atoms with Crippen molar-refractivity contribution in [1.29, 1.82) is 0 Å². The molecule has 0 spiro atoms. The molecular formula is C55H100NO7P.